The summed E-state index contributed by atoms with van der Waals surface area (Å²) in [5.74, 6) is -0.000702. The number of carbonyl (C=O) groups excluding carboxylic acids is 1. The van der Waals surface area contributed by atoms with Crippen LogP contribution in [-0.2, 0) is 0 Å². The fourth-order valence-corrected chi connectivity index (χ4v) is 3.45. The van der Waals surface area contributed by atoms with E-state index in [1.165, 1.54) is 11.3 Å². The van der Waals surface area contributed by atoms with Gasteiger partial charge in [-0.1, -0.05) is 11.6 Å². The molecule has 0 atom stereocenters. The minimum absolute atomic E-state index is 0.000702. The van der Waals surface area contributed by atoms with Crippen molar-refractivity contribution in [2.24, 2.45) is 0 Å². The fourth-order valence-electron chi connectivity index (χ4n) is 1.24. The quantitative estimate of drug-likeness (QED) is 0.658. The van der Waals surface area contributed by atoms with Gasteiger partial charge in [0.05, 0.1) is 8.66 Å². The van der Waals surface area contributed by atoms with Crippen molar-refractivity contribution in [2.45, 2.75) is 0 Å². The fraction of sp³-hybridized carbons (Fsp3) is 0. The molecule has 1 aromatic heterocycles. The smallest absolute Gasteiger partial charge is 0.204 e. The normalized spacial score (nSPS) is 10.4. The maximum Gasteiger partial charge on any atom is 0.204 e. The molecule has 5 heteroatoms. The average molecular weight is 380 g/mol. The van der Waals surface area contributed by atoms with E-state index in [-0.39, 0.29) is 5.78 Å². The van der Waals surface area contributed by atoms with Gasteiger partial charge in [-0.25, -0.2) is 0 Å². The van der Waals surface area contributed by atoms with Gasteiger partial charge in [0.15, 0.2) is 0 Å². The second-order valence-electron chi connectivity index (χ2n) is 3.06. The van der Waals surface area contributed by atoms with Gasteiger partial charge in [-0.15, -0.1) is 11.3 Å². The average Bonchev–Trinajstić information content (AvgIpc) is 2.64. The Bertz CT molecular complexity index is 551. The molecule has 1 nitrogen and oxygen atoms in total. The molecule has 0 aliphatic rings. The first-order chi connectivity index (χ1) is 7.58. The van der Waals surface area contributed by atoms with Crippen molar-refractivity contribution in [2.75, 3.05) is 0 Å². The van der Waals surface area contributed by atoms with Gasteiger partial charge in [-0.3, -0.25) is 4.79 Å². The topological polar surface area (TPSA) is 17.1 Å². The van der Waals surface area contributed by atoms with Gasteiger partial charge in [0.2, 0.25) is 5.78 Å². The number of ketones is 1. The molecule has 0 fully saturated rings. The van der Waals surface area contributed by atoms with E-state index in [1.54, 1.807) is 24.3 Å². The van der Waals surface area contributed by atoms with Crippen molar-refractivity contribution in [3.05, 3.63) is 54.1 Å². The molecule has 0 N–H and O–H groups in total. The molecule has 0 bridgehead atoms. The largest absolute Gasteiger partial charge is 0.288 e. The Hall–Kier alpha value is -0.160. The summed E-state index contributed by atoms with van der Waals surface area (Å²) in [4.78, 5) is 12.8. The first kappa shape index (κ1) is 12.3. The van der Waals surface area contributed by atoms with Gasteiger partial charge >= 0.3 is 0 Å². The van der Waals surface area contributed by atoms with Crippen molar-refractivity contribution in [3.8, 4) is 0 Å². The van der Waals surface area contributed by atoms with Crippen molar-refractivity contribution in [3.63, 3.8) is 0 Å². The third kappa shape index (κ3) is 2.56. The van der Waals surface area contributed by atoms with Crippen LogP contribution in [0, 0.1) is 0 Å². The van der Waals surface area contributed by atoms with Crippen LogP contribution in [0.1, 0.15) is 15.2 Å². The number of hydrogen-bond donors (Lipinski definition) is 0. The molecule has 0 aliphatic carbocycles. The predicted octanol–water partition coefficient (Wildman–Crippen LogP) is 5.16. The molecule has 0 radical (unpaired) electrons. The maximum atomic E-state index is 12.1. The third-order valence-electron chi connectivity index (χ3n) is 1.97. The molecular weight excluding hydrogens is 375 g/mol. The number of halogens is 3. The Kier molecular flexibility index (Phi) is 3.85. The number of thiophene rings is 1. The summed E-state index contributed by atoms with van der Waals surface area (Å²) in [6.45, 7) is 0. The lowest BCUT2D eigenvalue weighted by Crippen LogP contribution is -1.99. The van der Waals surface area contributed by atoms with E-state index >= 15 is 0 Å². The molecule has 0 unspecified atom stereocenters. The van der Waals surface area contributed by atoms with E-state index in [4.69, 9.17) is 11.6 Å². The first-order valence-corrected chi connectivity index (χ1v) is 7.11. The standard InChI is InChI=1S/C11H5Br2ClOS/c12-8-5-6(14)1-2-7(8)11(15)9-3-4-10(13)16-9/h1-5H. The lowest BCUT2D eigenvalue weighted by molar-refractivity contribution is 0.104. The Morgan fingerprint density at radius 2 is 1.94 bits per heavy atom. The van der Waals surface area contributed by atoms with E-state index < -0.39 is 0 Å². The van der Waals surface area contributed by atoms with E-state index in [2.05, 4.69) is 31.9 Å². The minimum Gasteiger partial charge on any atom is -0.288 e. The van der Waals surface area contributed by atoms with Gasteiger partial charge in [0, 0.05) is 15.1 Å². The van der Waals surface area contributed by atoms with Crippen LogP contribution in [0.5, 0.6) is 0 Å². The molecule has 0 spiro atoms. The Balaban J connectivity index is 2.41. The summed E-state index contributed by atoms with van der Waals surface area (Å²) in [5.41, 5.74) is 0.624. The molecule has 82 valence electrons. The van der Waals surface area contributed by atoms with Gasteiger partial charge in [0.1, 0.15) is 0 Å². The van der Waals surface area contributed by atoms with Crippen LogP contribution < -0.4 is 0 Å². The van der Waals surface area contributed by atoms with E-state index in [1.807, 2.05) is 6.07 Å². The zero-order chi connectivity index (χ0) is 11.7. The summed E-state index contributed by atoms with van der Waals surface area (Å²) in [6.07, 6.45) is 0. The van der Waals surface area contributed by atoms with Crippen LogP contribution in [0.15, 0.2) is 38.6 Å². The van der Waals surface area contributed by atoms with E-state index in [9.17, 15) is 4.79 Å². The van der Waals surface area contributed by atoms with Crippen LogP contribution in [0.2, 0.25) is 5.02 Å². The highest BCUT2D eigenvalue weighted by molar-refractivity contribution is 9.11. The monoisotopic (exact) mass is 378 g/mol. The van der Waals surface area contributed by atoms with Crippen LogP contribution >= 0.6 is 54.8 Å². The highest BCUT2D eigenvalue weighted by atomic mass is 79.9. The molecule has 0 saturated carbocycles. The molecule has 0 amide bonds. The summed E-state index contributed by atoms with van der Waals surface area (Å²) >= 11 is 13.9. The summed E-state index contributed by atoms with van der Waals surface area (Å²) in [5, 5.41) is 0.607. The van der Waals surface area contributed by atoms with E-state index in [0.717, 1.165) is 8.26 Å². The molecular formula is C11H5Br2ClOS. The molecule has 1 heterocycles. The predicted molar refractivity (Wildman–Crippen MR) is 74.6 cm³/mol. The zero-order valence-corrected chi connectivity index (χ0v) is 12.6. The van der Waals surface area contributed by atoms with Crippen LogP contribution in [0.3, 0.4) is 0 Å². The molecule has 2 aromatic rings. The molecule has 0 aliphatic heterocycles. The molecule has 1 aromatic carbocycles. The van der Waals surface area contributed by atoms with Crippen LogP contribution in [-0.4, -0.2) is 5.78 Å². The zero-order valence-electron chi connectivity index (χ0n) is 7.84. The minimum atomic E-state index is -0.000702. The third-order valence-corrected chi connectivity index (χ3v) is 4.49. The molecule has 0 saturated heterocycles. The Morgan fingerprint density at radius 3 is 2.50 bits per heavy atom. The van der Waals surface area contributed by atoms with Crippen LogP contribution in [0.4, 0.5) is 0 Å². The molecule has 16 heavy (non-hydrogen) atoms. The van der Waals surface area contributed by atoms with Crippen molar-refractivity contribution < 1.29 is 4.79 Å². The lowest BCUT2D eigenvalue weighted by Gasteiger charge is -2.01. The van der Waals surface area contributed by atoms with Gasteiger partial charge < -0.3 is 0 Å². The van der Waals surface area contributed by atoms with Gasteiger partial charge in [-0.05, 0) is 62.2 Å². The Morgan fingerprint density at radius 1 is 1.19 bits per heavy atom. The van der Waals surface area contributed by atoms with Gasteiger partial charge in [-0.2, -0.15) is 0 Å². The second kappa shape index (κ2) is 5.00. The number of carbonyl (C=O) groups is 1. The lowest BCUT2D eigenvalue weighted by atomic mass is 10.1. The Labute approximate surface area is 119 Å². The van der Waals surface area contributed by atoms with Crippen molar-refractivity contribution in [1.29, 1.82) is 0 Å². The molecule has 2 rings (SSSR count). The number of hydrogen-bond acceptors (Lipinski definition) is 2. The highest BCUT2D eigenvalue weighted by Crippen LogP contribution is 2.28. The van der Waals surface area contributed by atoms with Gasteiger partial charge in [0.25, 0.3) is 0 Å². The summed E-state index contributed by atoms with van der Waals surface area (Å²) in [6, 6.07) is 8.82. The second-order valence-corrected chi connectivity index (χ2v) is 6.81. The van der Waals surface area contributed by atoms with E-state index in [0.29, 0.717) is 15.5 Å². The summed E-state index contributed by atoms with van der Waals surface area (Å²) < 4.78 is 1.66. The number of rotatable bonds is 2. The highest BCUT2D eigenvalue weighted by Gasteiger charge is 2.14. The van der Waals surface area contributed by atoms with Crippen molar-refractivity contribution in [1.82, 2.24) is 0 Å². The summed E-state index contributed by atoms with van der Waals surface area (Å²) in [7, 11) is 0. The SMILES string of the molecule is O=C(c1ccc(Br)s1)c1ccc(Cl)cc1Br. The maximum absolute atomic E-state index is 12.1. The first-order valence-electron chi connectivity index (χ1n) is 4.33. The van der Waals surface area contributed by atoms with Crippen molar-refractivity contribution >= 4 is 60.6 Å². The number of benzene rings is 1. The van der Waals surface area contributed by atoms with Crippen LogP contribution in [0.25, 0.3) is 0 Å².